The van der Waals surface area contributed by atoms with E-state index in [1.807, 2.05) is 31.3 Å². The summed E-state index contributed by atoms with van der Waals surface area (Å²) in [7, 11) is 6.80. The van der Waals surface area contributed by atoms with Crippen molar-refractivity contribution in [2.24, 2.45) is 7.05 Å². The lowest BCUT2D eigenvalue weighted by Gasteiger charge is -2.14. The fraction of sp³-hybridized carbons (Fsp3) is 0.190. The van der Waals surface area contributed by atoms with Gasteiger partial charge in [0.2, 0.25) is 5.75 Å². The lowest BCUT2D eigenvalue weighted by atomic mass is 10.1. The lowest BCUT2D eigenvalue weighted by molar-refractivity contribution is 0.324. The summed E-state index contributed by atoms with van der Waals surface area (Å²) in [5.74, 6) is 2.40. The molecule has 0 bridgehead atoms. The Hall–Kier alpha value is -3.61. The van der Waals surface area contributed by atoms with Gasteiger partial charge in [-0.05, 0) is 12.1 Å². The van der Waals surface area contributed by atoms with E-state index < -0.39 is 0 Å². The molecule has 144 valence electrons. The van der Waals surface area contributed by atoms with Crippen LogP contribution >= 0.6 is 0 Å². The van der Waals surface area contributed by atoms with E-state index in [1.54, 1.807) is 21.3 Å². The minimum absolute atomic E-state index is 0.550. The van der Waals surface area contributed by atoms with Crippen LogP contribution in [-0.4, -0.2) is 36.1 Å². The van der Waals surface area contributed by atoms with Gasteiger partial charge in [0.1, 0.15) is 0 Å². The number of benzene rings is 2. The number of hydrogen-bond donors (Lipinski definition) is 2. The number of methoxy groups -OCH3 is 3. The van der Waals surface area contributed by atoms with E-state index in [9.17, 15) is 0 Å². The molecule has 0 fully saturated rings. The van der Waals surface area contributed by atoms with Crippen molar-refractivity contribution in [2.75, 3.05) is 26.6 Å². The van der Waals surface area contributed by atoms with Crippen molar-refractivity contribution < 1.29 is 14.2 Å². The first-order valence-corrected chi connectivity index (χ1v) is 8.81. The predicted octanol–water partition coefficient (Wildman–Crippen LogP) is 4.34. The fourth-order valence-corrected chi connectivity index (χ4v) is 3.36. The van der Waals surface area contributed by atoms with Crippen LogP contribution in [-0.2, 0) is 7.05 Å². The monoisotopic (exact) mass is 378 g/mol. The second-order valence-electron chi connectivity index (χ2n) is 6.37. The van der Waals surface area contributed by atoms with Crippen LogP contribution < -0.4 is 19.5 Å². The molecule has 2 aromatic carbocycles. The van der Waals surface area contributed by atoms with Crippen LogP contribution in [0.2, 0.25) is 0 Å². The minimum Gasteiger partial charge on any atom is -0.493 e. The van der Waals surface area contributed by atoms with Gasteiger partial charge in [-0.15, -0.1) is 0 Å². The highest BCUT2D eigenvalue weighted by Gasteiger charge is 2.14. The number of rotatable bonds is 6. The van der Waals surface area contributed by atoms with Crippen molar-refractivity contribution in [1.29, 1.82) is 0 Å². The number of nitrogens with zero attached hydrogens (tertiary/aromatic N) is 2. The summed E-state index contributed by atoms with van der Waals surface area (Å²) in [6.45, 7) is 0. The fourth-order valence-electron chi connectivity index (χ4n) is 3.36. The summed E-state index contributed by atoms with van der Waals surface area (Å²) < 4.78 is 18.3. The first kappa shape index (κ1) is 17.8. The van der Waals surface area contributed by atoms with Gasteiger partial charge in [0.25, 0.3) is 0 Å². The summed E-state index contributed by atoms with van der Waals surface area (Å²) >= 11 is 0. The third-order valence-corrected chi connectivity index (χ3v) is 4.73. The highest BCUT2D eigenvalue weighted by atomic mass is 16.5. The highest BCUT2D eigenvalue weighted by Crippen LogP contribution is 2.40. The molecule has 0 spiro atoms. The molecule has 0 aliphatic carbocycles. The molecule has 4 rings (SSSR count). The molecule has 28 heavy (non-hydrogen) atoms. The Bertz CT molecular complexity index is 1100. The van der Waals surface area contributed by atoms with Crippen molar-refractivity contribution in [1.82, 2.24) is 14.8 Å². The molecule has 2 N–H and O–H groups in total. The molecule has 0 aliphatic rings. The second kappa shape index (κ2) is 7.19. The molecular weight excluding hydrogens is 356 g/mol. The summed E-state index contributed by atoms with van der Waals surface area (Å²) in [6.07, 6.45) is 2.06. The summed E-state index contributed by atoms with van der Waals surface area (Å²) in [6, 6.07) is 14.0. The van der Waals surface area contributed by atoms with E-state index >= 15 is 0 Å². The average molecular weight is 378 g/mol. The van der Waals surface area contributed by atoms with Crippen LogP contribution in [0.4, 0.5) is 11.5 Å². The molecule has 4 aromatic rings. The number of anilines is 2. The first-order chi connectivity index (χ1) is 13.6. The Labute approximate surface area is 162 Å². The van der Waals surface area contributed by atoms with E-state index in [4.69, 9.17) is 14.2 Å². The number of aromatic nitrogens is 3. The van der Waals surface area contributed by atoms with Crippen LogP contribution in [0.3, 0.4) is 0 Å². The summed E-state index contributed by atoms with van der Waals surface area (Å²) in [5.41, 5.74) is 3.99. The van der Waals surface area contributed by atoms with Crippen molar-refractivity contribution in [3.63, 3.8) is 0 Å². The van der Waals surface area contributed by atoms with Crippen LogP contribution in [0, 0.1) is 0 Å². The number of ether oxygens (including phenoxy) is 3. The Morgan fingerprint density at radius 1 is 0.964 bits per heavy atom. The van der Waals surface area contributed by atoms with Gasteiger partial charge in [0, 0.05) is 53.6 Å². The number of hydrogen-bond acceptors (Lipinski definition) is 5. The second-order valence-corrected chi connectivity index (χ2v) is 6.37. The Morgan fingerprint density at radius 3 is 2.39 bits per heavy atom. The number of aromatic amines is 1. The molecule has 0 radical (unpaired) electrons. The van der Waals surface area contributed by atoms with Crippen molar-refractivity contribution in [3.05, 3.63) is 48.7 Å². The quantitative estimate of drug-likeness (QED) is 0.522. The number of aryl methyl sites for hydroxylation is 1. The van der Waals surface area contributed by atoms with Gasteiger partial charge in [-0.25, -0.2) is 0 Å². The number of H-pyrrole nitrogens is 1. The number of fused-ring (bicyclic) bond motifs is 1. The Balaban J connectivity index is 1.67. The zero-order chi connectivity index (χ0) is 19.7. The van der Waals surface area contributed by atoms with E-state index in [0.29, 0.717) is 23.1 Å². The smallest absolute Gasteiger partial charge is 0.203 e. The minimum atomic E-state index is 0.550. The molecular formula is C21H22N4O3. The van der Waals surface area contributed by atoms with Gasteiger partial charge in [-0.1, -0.05) is 12.1 Å². The van der Waals surface area contributed by atoms with Crippen LogP contribution in [0.5, 0.6) is 17.2 Å². The summed E-state index contributed by atoms with van der Waals surface area (Å²) in [5, 5.41) is 12.0. The van der Waals surface area contributed by atoms with Crippen LogP contribution in [0.1, 0.15) is 0 Å². The topological polar surface area (TPSA) is 73.3 Å². The van der Waals surface area contributed by atoms with Crippen LogP contribution in [0.25, 0.3) is 22.2 Å². The van der Waals surface area contributed by atoms with E-state index in [1.165, 1.54) is 10.9 Å². The predicted molar refractivity (Wildman–Crippen MR) is 110 cm³/mol. The van der Waals surface area contributed by atoms with E-state index in [-0.39, 0.29) is 0 Å². The maximum atomic E-state index is 5.41. The van der Waals surface area contributed by atoms with Crippen molar-refractivity contribution in [2.45, 2.75) is 0 Å². The molecule has 0 saturated carbocycles. The molecule has 2 aromatic heterocycles. The Kier molecular flexibility index (Phi) is 4.57. The maximum Gasteiger partial charge on any atom is 0.203 e. The van der Waals surface area contributed by atoms with Gasteiger partial charge < -0.3 is 24.1 Å². The van der Waals surface area contributed by atoms with E-state index in [0.717, 1.165) is 16.9 Å². The molecule has 0 aliphatic heterocycles. The Morgan fingerprint density at radius 2 is 1.71 bits per heavy atom. The largest absolute Gasteiger partial charge is 0.493 e. The first-order valence-electron chi connectivity index (χ1n) is 8.81. The average Bonchev–Trinajstić information content (AvgIpc) is 3.34. The molecule has 0 saturated heterocycles. The molecule has 7 nitrogen and oxygen atoms in total. The zero-order valence-electron chi connectivity index (χ0n) is 16.2. The van der Waals surface area contributed by atoms with Gasteiger partial charge in [0.15, 0.2) is 17.3 Å². The van der Waals surface area contributed by atoms with Crippen molar-refractivity contribution >= 4 is 22.4 Å². The van der Waals surface area contributed by atoms with E-state index in [2.05, 4.69) is 44.5 Å². The third-order valence-electron chi connectivity index (χ3n) is 4.73. The SMILES string of the molecule is COc1cc(Nc2cc(-c3cccc4c3ccn4C)[nH]n2)cc(OC)c1OC. The normalized spacial score (nSPS) is 10.9. The molecule has 0 atom stereocenters. The number of nitrogens with one attached hydrogen (secondary N) is 2. The standard InChI is InChI=1S/C21H22N4O3/c1-25-9-8-15-14(6-5-7-17(15)25)16-12-20(24-23-16)22-13-10-18(26-2)21(28-4)19(11-13)27-3/h5-12H,1-4H3,(H2,22,23,24). The molecule has 0 amide bonds. The third kappa shape index (κ3) is 3.00. The van der Waals surface area contributed by atoms with Crippen molar-refractivity contribution in [3.8, 4) is 28.5 Å². The van der Waals surface area contributed by atoms with Gasteiger partial charge >= 0.3 is 0 Å². The van der Waals surface area contributed by atoms with Gasteiger partial charge in [-0.2, -0.15) is 5.10 Å². The maximum absolute atomic E-state index is 5.41. The zero-order valence-corrected chi connectivity index (χ0v) is 16.2. The highest BCUT2D eigenvalue weighted by molar-refractivity contribution is 5.95. The molecule has 0 unspecified atom stereocenters. The molecule has 2 heterocycles. The van der Waals surface area contributed by atoms with Gasteiger partial charge in [0.05, 0.1) is 27.0 Å². The lowest BCUT2D eigenvalue weighted by Crippen LogP contribution is -1.98. The molecule has 7 heteroatoms. The summed E-state index contributed by atoms with van der Waals surface area (Å²) in [4.78, 5) is 0. The van der Waals surface area contributed by atoms with Gasteiger partial charge in [-0.3, -0.25) is 5.10 Å². The van der Waals surface area contributed by atoms with Crippen LogP contribution in [0.15, 0.2) is 48.7 Å².